The Labute approximate surface area is 163 Å². The molecule has 0 aromatic heterocycles. The molecule has 7 heteroatoms. The lowest BCUT2D eigenvalue weighted by atomic mass is 10.1. The lowest BCUT2D eigenvalue weighted by Gasteiger charge is -2.34. The van der Waals surface area contributed by atoms with E-state index in [1.807, 2.05) is 17.0 Å². The van der Waals surface area contributed by atoms with Crippen LogP contribution in [-0.2, 0) is 0 Å². The van der Waals surface area contributed by atoms with Gasteiger partial charge in [-0.25, -0.2) is 0 Å². The molecule has 1 aliphatic heterocycles. The van der Waals surface area contributed by atoms with Gasteiger partial charge in [-0.3, -0.25) is 14.5 Å². The molecule has 2 aromatic carbocycles. The standard InChI is InChI=1S/C20H22ClN3O3/c21-17-5-7-18(8-6-17)27-14-13-23-9-11-24(12-10-23)20(26)16-3-1-15(2-4-16)19(22)25/h1-8H,9-14H2,(H2,22,25). The van der Waals surface area contributed by atoms with E-state index in [0.29, 0.717) is 35.8 Å². The van der Waals surface area contributed by atoms with Crippen molar-refractivity contribution >= 4 is 23.4 Å². The Bertz CT molecular complexity index is 785. The van der Waals surface area contributed by atoms with Gasteiger partial charge in [0.05, 0.1) is 0 Å². The van der Waals surface area contributed by atoms with Crippen LogP contribution in [0.4, 0.5) is 0 Å². The Hall–Kier alpha value is -2.57. The van der Waals surface area contributed by atoms with Gasteiger partial charge < -0.3 is 15.4 Å². The molecule has 1 saturated heterocycles. The molecule has 2 amide bonds. The number of nitrogens with zero attached hydrogens (tertiary/aromatic N) is 2. The second-order valence-corrected chi connectivity index (χ2v) is 6.81. The van der Waals surface area contributed by atoms with Crippen molar-refractivity contribution in [1.82, 2.24) is 9.80 Å². The van der Waals surface area contributed by atoms with Crippen molar-refractivity contribution < 1.29 is 14.3 Å². The highest BCUT2D eigenvalue weighted by Gasteiger charge is 2.22. The van der Waals surface area contributed by atoms with Crippen LogP contribution in [-0.4, -0.2) is 60.9 Å². The molecule has 2 N–H and O–H groups in total. The van der Waals surface area contributed by atoms with Crippen molar-refractivity contribution in [3.8, 4) is 5.75 Å². The summed E-state index contributed by atoms with van der Waals surface area (Å²) in [5, 5.41) is 0.687. The summed E-state index contributed by atoms with van der Waals surface area (Å²) in [6.45, 7) is 4.32. The van der Waals surface area contributed by atoms with Gasteiger partial charge in [0, 0.05) is 48.9 Å². The number of hydrogen-bond donors (Lipinski definition) is 1. The lowest BCUT2D eigenvalue weighted by molar-refractivity contribution is 0.0620. The van der Waals surface area contributed by atoms with E-state index in [2.05, 4.69) is 4.90 Å². The van der Waals surface area contributed by atoms with E-state index in [0.717, 1.165) is 25.4 Å². The summed E-state index contributed by atoms with van der Waals surface area (Å²) in [4.78, 5) is 27.8. The van der Waals surface area contributed by atoms with Gasteiger partial charge in [0.1, 0.15) is 12.4 Å². The van der Waals surface area contributed by atoms with E-state index in [1.54, 1.807) is 36.4 Å². The topological polar surface area (TPSA) is 75.9 Å². The summed E-state index contributed by atoms with van der Waals surface area (Å²) in [6, 6.07) is 13.8. The first-order valence-corrected chi connectivity index (χ1v) is 9.20. The Morgan fingerprint density at radius 1 is 0.926 bits per heavy atom. The summed E-state index contributed by atoms with van der Waals surface area (Å²) >= 11 is 5.86. The zero-order valence-electron chi connectivity index (χ0n) is 14.9. The molecule has 0 saturated carbocycles. The molecule has 1 heterocycles. The van der Waals surface area contributed by atoms with E-state index in [1.165, 1.54) is 0 Å². The van der Waals surface area contributed by atoms with Gasteiger partial charge in [0.25, 0.3) is 5.91 Å². The van der Waals surface area contributed by atoms with Gasteiger partial charge in [-0.2, -0.15) is 0 Å². The van der Waals surface area contributed by atoms with Gasteiger partial charge in [-0.1, -0.05) is 11.6 Å². The highest BCUT2D eigenvalue weighted by atomic mass is 35.5. The third-order valence-corrected chi connectivity index (χ3v) is 4.82. The number of piperazine rings is 1. The van der Waals surface area contributed by atoms with Gasteiger partial charge >= 0.3 is 0 Å². The molecule has 1 fully saturated rings. The first-order valence-electron chi connectivity index (χ1n) is 8.83. The number of ether oxygens (including phenoxy) is 1. The monoisotopic (exact) mass is 387 g/mol. The van der Waals surface area contributed by atoms with Gasteiger partial charge in [0.15, 0.2) is 0 Å². The summed E-state index contributed by atoms with van der Waals surface area (Å²) in [5.41, 5.74) is 6.19. The fourth-order valence-electron chi connectivity index (χ4n) is 2.96. The maximum absolute atomic E-state index is 12.6. The van der Waals surface area contributed by atoms with Crippen LogP contribution < -0.4 is 10.5 Å². The Kier molecular flexibility index (Phi) is 6.32. The van der Waals surface area contributed by atoms with Crippen LogP contribution in [0.2, 0.25) is 5.02 Å². The quantitative estimate of drug-likeness (QED) is 0.825. The molecule has 0 bridgehead atoms. The summed E-state index contributed by atoms with van der Waals surface area (Å²) < 4.78 is 5.72. The minimum atomic E-state index is -0.497. The fraction of sp³-hybridized carbons (Fsp3) is 0.300. The van der Waals surface area contributed by atoms with Crippen LogP contribution in [0.3, 0.4) is 0 Å². The molecule has 2 aromatic rings. The van der Waals surface area contributed by atoms with Gasteiger partial charge in [0.2, 0.25) is 5.91 Å². The zero-order valence-corrected chi connectivity index (χ0v) is 15.7. The number of carbonyl (C=O) groups excluding carboxylic acids is 2. The Morgan fingerprint density at radius 2 is 1.52 bits per heavy atom. The van der Waals surface area contributed by atoms with Crippen LogP contribution in [0.25, 0.3) is 0 Å². The molecule has 3 rings (SSSR count). The number of nitrogens with two attached hydrogens (primary N) is 1. The Morgan fingerprint density at radius 3 is 2.11 bits per heavy atom. The third-order valence-electron chi connectivity index (χ3n) is 4.57. The number of rotatable bonds is 6. The minimum Gasteiger partial charge on any atom is -0.492 e. The summed E-state index contributed by atoms with van der Waals surface area (Å²) in [5.74, 6) is 0.277. The predicted molar refractivity (Wildman–Crippen MR) is 104 cm³/mol. The normalized spacial score (nSPS) is 14.8. The second kappa shape index (κ2) is 8.88. The molecule has 6 nitrogen and oxygen atoms in total. The maximum Gasteiger partial charge on any atom is 0.253 e. The number of primary amides is 1. The van der Waals surface area contributed by atoms with Crippen molar-refractivity contribution in [1.29, 1.82) is 0 Å². The van der Waals surface area contributed by atoms with Crippen molar-refractivity contribution in [3.63, 3.8) is 0 Å². The first kappa shape index (κ1) is 19.2. The molecule has 1 aliphatic rings. The average molecular weight is 388 g/mol. The number of hydrogen-bond acceptors (Lipinski definition) is 4. The van der Waals surface area contributed by atoms with Crippen molar-refractivity contribution in [2.24, 2.45) is 5.73 Å². The fourth-order valence-corrected chi connectivity index (χ4v) is 3.08. The summed E-state index contributed by atoms with van der Waals surface area (Å²) in [7, 11) is 0. The van der Waals surface area contributed by atoms with Crippen LogP contribution in [0, 0.1) is 0 Å². The number of carbonyl (C=O) groups is 2. The van der Waals surface area contributed by atoms with E-state index in [4.69, 9.17) is 22.1 Å². The zero-order chi connectivity index (χ0) is 19.2. The Balaban J connectivity index is 1.43. The molecule has 27 heavy (non-hydrogen) atoms. The molecule has 0 radical (unpaired) electrons. The second-order valence-electron chi connectivity index (χ2n) is 6.38. The minimum absolute atomic E-state index is 0.0249. The SMILES string of the molecule is NC(=O)c1ccc(C(=O)N2CCN(CCOc3ccc(Cl)cc3)CC2)cc1. The van der Waals surface area contributed by atoms with Crippen LogP contribution >= 0.6 is 11.6 Å². The molecular formula is C20H22ClN3O3. The maximum atomic E-state index is 12.6. The van der Waals surface area contributed by atoms with E-state index < -0.39 is 5.91 Å². The summed E-state index contributed by atoms with van der Waals surface area (Å²) in [6.07, 6.45) is 0. The highest BCUT2D eigenvalue weighted by molar-refractivity contribution is 6.30. The largest absolute Gasteiger partial charge is 0.492 e. The van der Waals surface area contributed by atoms with E-state index in [-0.39, 0.29) is 5.91 Å². The van der Waals surface area contributed by atoms with E-state index >= 15 is 0 Å². The van der Waals surface area contributed by atoms with Crippen molar-refractivity contribution in [2.75, 3.05) is 39.3 Å². The smallest absolute Gasteiger partial charge is 0.253 e. The lowest BCUT2D eigenvalue weighted by Crippen LogP contribution is -2.49. The van der Waals surface area contributed by atoms with Crippen molar-refractivity contribution in [2.45, 2.75) is 0 Å². The van der Waals surface area contributed by atoms with E-state index in [9.17, 15) is 9.59 Å². The molecule has 0 spiro atoms. The third kappa shape index (κ3) is 5.21. The number of halogens is 1. The number of benzene rings is 2. The predicted octanol–water partition coefficient (Wildman–Crippen LogP) is 2.28. The highest BCUT2D eigenvalue weighted by Crippen LogP contribution is 2.15. The molecule has 0 aliphatic carbocycles. The number of amides is 2. The van der Waals surface area contributed by atoms with Gasteiger partial charge in [-0.05, 0) is 48.5 Å². The van der Waals surface area contributed by atoms with Crippen molar-refractivity contribution in [3.05, 3.63) is 64.7 Å². The van der Waals surface area contributed by atoms with Gasteiger partial charge in [-0.15, -0.1) is 0 Å². The van der Waals surface area contributed by atoms with Crippen LogP contribution in [0.5, 0.6) is 5.75 Å². The average Bonchev–Trinajstić information content (AvgIpc) is 2.69. The molecule has 0 unspecified atom stereocenters. The van der Waals surface area contributed by atoms with Crippen LogP contribution in [0.1, 0.15) is 20.7 Å². The molecule has 0 atom stereocenters. The first-order chi connectivity index (χ1) is 13.0. The molecular weight excluding hydrogens is 366 g/mol. The van der Waals surface area contributed by atoms with Crippen LogP contribution in [0.15, 0.2) is 48.5 Å². The molecule has 142 valence electrons.